The van der Waals surface area contributed by atoms with E-state index in [9.17, 15) is 8.76 Å². The van der Waals surface area contributed by atoms with Crippen LogP contribution in [-0.2, 0) is 11.1 Å². The monoisotopic (exact) mass is 170 g/mol. The van der Waals surface area contributed by atoms with Crippen molar-refractivity contribution in [3.8, 4) is 0 Å². The number of benzene rings is 1. The van der Waals surface area contributed by atoms with E-state index >= 15 is 0 Å². The molecule has 60 valence electrons. The first-order chi connectivity index (χ1) is 5.11. The van der Waals surface area contributed by atoms with Crippen LogP contribution in [0, 0.1) is 6.92 Å². The third-order valence-electron chi connectivity index (χ3n) is 1.34. The van der Waals surface area contributed by atoms with Crippen molar-refractivity contribution in [2.45, 2.75) is 11.8 Å². The Morgan fingerprint density at radius 3 is 2.64 bits per heavy atom. The van der Waals surface area contributed by atoms with Crippen LogP contribution in [0.4, 0.5) is 5.69 Å². The molecule has 0 spiro atoms. The Labute approximate surface area is 67.5 Å². The largest absolute Gasteiger partial charge is 0.768 e. The molecule has 1 aromatic rings. The quantitative estimate of drug-likeness (QED) is 0.501. The van der Waals surface area contributed by atoms with Gasteiger partial charge in [0.15, 0.2) is 0 Å². The summed E-state index contributed by atoms with van der Waals surface area (Å²) in [5, 5.41) is 0. The Bertz CT molecular complexity index is 298. The van der Waals surface area contributed by atoms with Crippen molar-refractivity contribution in [2.24, 2.45) is 0 Å². The minimum Gasteiger partial charge on any atom is -0.768 e. The highest BCUT2D eigenvalue weighted by molar-refractivity contribution is 7.79. The first-order valence-electron chi connectivity index (χ1n) is 3.06. The van der Waals surface area contributed by atoms with E-state index in [0.29, 0.717) is 5.69 Å². The van der Waals surface area contributed by atoms with Crippen molar-refractivity contribution in [1.29, 1.82) is 0 Å². The minimum atomic E-state index is -2.22. The molecule has 0 bridgehead atoms. The SMILES string of the molecule is Cc1ccc(S(=O)[O-])c(N)c1. The molecule has 0 aliphatic rings. The number of anilines is 1. The van der Waals surface area contributed by atoms with Gasteiger partial charge in [-0.05, 0) is 35.7 Å². The molecule has 11 heavy (non-hydrogen) atoms. The van der Waals surface area contributed by atoms with E-state index in [1.807, 2.05) is 6.92 Å². The van der Waals surface area contributed by atoms with Gasteiger partial charge >= 0.3 is 0 Å². The highest BCUT2D eigenvalue weighted by Crippen LogP contribution is 2.15. The van der Waals surface area contributed by atoms with Gasteiger partial charge in [0, 0.05) is 10.6 Å². The van der Waals surface area contributed by atoms with Crippen LogP contribution in [0.2, 0.25) is 0 Å². The average Bonchev–Trinajstić information content (AvgIpc) is 1.85. The summed E-state index contributed by atoms with van der Waals surface area (Å²) in [6.45, 7) is 1.86. The molecule has 0 saturated heterocycles. The third kappa shape index (κ3) is 1.78. The van der Waals surface area contributed by atoms with E-state index in [1.165, 1.54) is 6.07 Å². The average molecular weight is 170 g/mol. The lowest BCUT2D eigenvalue weighted by molar-refractivity contribution is 0.537. The predicted molar refractivity (Wildman–Crippen MR) is 42.8 cm³/mol. The van der Waals surface area contributed by atoms with Crippen molar-refractivity contribution in [1.82, 2.24) is 0 Å². The molecule has 0 fully saturated rings. The molecule has 1 aromatic carbocycles. The number of nitrogen functional groups attached to an aromatic ring is 1. The maximum absolute atomic E-state index is 10.5. The number of hydrogen-bond donors (Lipinski definition) is 1. The van der Waals surface area contributed by atoms with Crippen molar-refractivity contribution < 1.29 is 8.76 Å². The first kappa shape index (κ1) is 8.23. The maximum Gasteiger partial charge on any atom is 0.0478 e. The van der Waals surface area contributed by atoms with E-state index in [-0.39, 0.29) is 4.90 Å². The van der Waals surface area contributed by atoms with Gasteiger partial charge in [-0.3, -0.25) is 4.21 Å². The summed E-state index contributed by atoms with van der Waals surface area (Å²) < 4.78 is 20.9. The van der Waals surface area contributed by atoms with Crippen LogP contribution in [0.1, 0.15) is 5.56 Å². The predicted octanol–water partition coefficient (Wildman–Crippen LogP) is 0.815. The molecule has 0 amide bonds. The molecule has 0 saturated carbocycles. The lowest BCUT2D eigenvalue weighted by Crippen LogP contribution is -1.96. The van der Waals surface area contributed by atoms with E-state index in [0.717, 1.165) is 5.56 Å². The van der Waals surface area contributed by atoms with Gasteiger partial charge in [-0.25, -0.2) is 0 Å². The van der Waals surface area contributed by atoms with Crippen LogP contribution in [0.25, 0.3) is 0 Å². The fourth-order valence-corrected chi connectivity index (χ4v) is 1.25. The van der Waals surface area contributed by atoms with Crippen LogP contribution in [-0.4, -0.2) is 8.76 Å². The smallest absolute Gasteiger partial charge is 0.0478 e. The lowest BCUT2D eigenvalue weighted by Gasteiger charge is -2.08. The standard InChI is InChI=1S/C7H9NO2S/c1-5-2-3-7(11(9)10)6(8)4-5/h2-4H,8H2,1H3,(H,9,10)/p-1. The minimum absolute atomic E-state index is 0.163. The van der Waals surface area contributed by atoms with Crippen LogP contribution < -0.4 is 5.73 Å². The van der Waals surface area contributed by atoms with Gasteiger partial charge in [0.1, 0.15) is 0 Å². The topological polar surface area (TPSA) is 66.1 Å². The summed E-state index contributed by atoms with van der Waals surface area (Å²) in [6.07, 6.45) is 0. The molecule has 0 aliphatic carbocycles. The number of aryl methyl sites for hydroxylation is 1. The van der Waals surface area contributed by atoms with Crippen LogP contribution in [0.3, 0.4) is 0 Å². The number of rotatable bonds is 1. The number of nitrogens with two attached hydrogens (primary N) is 1. The Kier molecular flexibility index (Phi) is 2.26. The first-order valence-corrected chi connectivity index (χ1v) is 4.14. The van der Waals surface area contributed by atoms with Crippen molar-refractivity contribution >= 4 is 16.8 Å². The van der Waals surface area contributed by atoms with Gasteiger partial charge in [0.25, 0.3) is 0 Å². The molecule has 0 radical (unpaired) electrons. The Morgan fingerprint density at radius 2 is 2.18 bits per heavy atom. The second kappa shape index (κ2) is 3.02. The zero-order valence-corrected chi connectivity index (χ0v) is 6.85. The second-order valence-corrected chi connectivity index (χ2v) is 3.19. The lowest BCUT2D eigenvalue weighted by atomic mass is 10.2. The van der Waals surface area contributed by atoms with Crippen molar-refractivity contribution in [2.75, 3.05) is 5.73 Å². The van der Waals surface area contributed by atoms with Crippen molar-refractivity contribution in [3.63, 3.8) is 0 Å². The summed E-state index contributed by atoms with van der Waals surface area (Å²) in [7, 11) is 0. The fraction of sp³-hybridized carbons (Fsp3) is 0.143. The summed E-state index contributed by atoms with van der Waals surface area (Å²) in [6, 6.07) is 4.83. The Morgan fingerprint density at radius 1 is 1.55 bits per heavy atom. The molecule has 3 nitrogen and oxygen atoms in total. The van der Waals surface area contributed by atoms with Gasteiger partial charge in [-0.2, -0.15) is 0 Å². The molecule has 0 aliphatic heterocycles. The zero-order valence-electron chi connectivity index (χ0n) is 6.03. The summed E-state index contributed by atoms with van der Waals surface area (Å²) in [5.41, 5.74) is 6.69. The molecule has 1 unspecified atom stereocenters. The third-order valence-corrected chi connectivity index (χ3v) is 2.08. The van der Waals surface area contributed by atoms with Gasteiger partial charge < -0.3 is 10.3 Å². The van der Waals surface area contributed by atoms with Crippen LogP contribution >= 0.6 is 0 Å². The van der Waals surface area contributed by atoms with E-state index in [2.05, 4.69) is 0 Å². The van der Waals surface area contributed by atoms with E-state index in [1.54, 1.807) is 12.1 Å². The highest BCUT2D eigenvalue weighted by atomic mass is 32.2. The van der Waals surface area contributed by atoms with Crippen LogP contribution in [0.15, 0.2) is 23.1 Å². The summed E-state index contributed by atoms with van der Waals surface area (Å²) in [4.78, 5) is 0.163. The highest BCUT2D eigenvalue weighted by Gasteiger charge is 1.97. The zero-order chi connectivity index (χ0) is 8.43. The van der Waals surface area contributed by atoms with Gasteiger partial charge in [0.05, 0.1) is 0 Å². The molecule has 1 rings (SSSR count). The van der Waals surface area contributed by atoms with Gasteiger partial charge in [-0.15, -0.1) is 0 Å². The molecule has 0 aromatic heterocycles. The van der Waals surface area contributed by atoms with E-state index < -0.39 is 11.1 Å². The van der Waals surface area contributed by atoms with E-state index in [4.69, 9.17) is 5.73 Å². The molecule has 0 heterocycles. The molecule has 2 N–H and O–H groups in total. The Balaban J connectivity index is 3.20. The van der Waals surface area contributed by atoms with Crippen molar-refractivity contribution in [3.05, 3.63) is 23.8 Å². The fourth-order valence-electron chi connectivity index (χ4n) is 0.820. The molecule has 4 heteroatoms. The van der Waals surface area contributed by atoms with Crippen LogP contribution in [0.5, 0.6) is 0 Å². The normalized spacial score (nSPS) is 12.9. The molecular formula is C7H8NO2S-. The summed E-state index contributed by atoms with van der Waals surface area (Å²) in [5.74, 6) is 0. The second-order valence-electron chi connectivity index (χ2n) is 2.28. The Hall–Kier alpha value is -0.870. The maximum atomic E-state index is 10.5. The molecular weight excluding hydrogens is 162 g/mol. The number of hydrogen-bond acceptors (Lipinski definition) is 3. The van der Waals surface area contributed by atoms with Gasteiger partial charge in [-0.1, -0.05) is 6.07 Å². The van der Waals surface area contributed by atoms with Gasteiger partial charge in [0.2, 0.25) is 0 Å². The molecule has 1 atom stereocenters. The summed E-state index contributed by atoms with van der Waals surface area (Å²) >= 11 is -2.22.